The molecule has 3 amide bonds. The predicted octanol–water partition coefficient (Wildman–Crippen LogP) is 2.36. The van der Waals surface area contributed by atoms with E-state index in [-0.39, 0.29) is 30.8 Å². The number of hydroxylamine groups is 2. The quantitative estimate of drug-likeness (QED) is 0.679. The predicted molar refractivity (Wildman–Crippen MR) is 117 cm³/mol. The lowest BCUT2D eigenvalue weighted by molar-refractivity contribution is -0.182. The number of fused-ring (bicyclic) bond motifs is 1. The number of rotatable bonds is 7. The molecule has 2 heterocycles. The summed E-state index contributed by atoms with van der Waals surface area (Å²) in [5.74, 6) is -0.863. The molecule has 3 aliphatic rings. The highest BCUT2D eigenvalue weighted by molar-refractivity contribution is 6.07. The Labute approximate surface area is 187 Å². The summed E-state index contributed by atoms with van der Waals surface area (Å²) in [6.45, 7) is 2.86. The van der Waals surface area contributed by atoms with Gasteiger partial charge in [-0.2, -0.15) is 5.06 Å². The zero-order valence-corrected chi connectivity index (χ0v) is 18.1. The lowest BCUT2D eigenvalue weighted by atomic mass is 9.90. The van der Waals surface area contributed by atoms with Gasteiger partial charge in [-0.3, -0.25) is 24.1 Å². The number of carbonyl (C=O) groups excluding carboxylic acids is 3. The van der Waals surface area contributed by atoms with Crippen molar-refractivity contribution < 1.29 is 19.2 Å². The molecule has 7 nitrogen and oxygen atoms in total. The van der Waals surface area contributed by atoms with E-state index in [1.165, 1.54) is 9.96 Å². The van der Waals surface area contributed by atoms with Crippen molar-refractivity contribution in [2.24, 2.45) is 11.8 Å². The molecule has 0 aromatic heterocycles. The maximum atomic E-state index is 13.4. The molecule has 2 aromatic carbocycles. The number of hydrogen-bond acceptors (Lipinski definition) is 5. The summed E-state index contributed by atoms with van der Waals surface area (Å²) >= 11 is 0. The lowest BCUT2D eigenvalue weighted by Crippen LogP contribution is -2.41. The second-order valence-corrected chi connectivity index (χ2v) is 8.98. The van der Waals surface area contributed by atoms with Crippen molar-refractivity contribution in [2.45, 2.75) is 38.5 Å². The van der Waals surface area contributed by atoms with Gasteiger partial charge in [0.1, 0.15) is 6.54 Å². The third-order valence-electron chi connectivity index (χ3n) is 6.47. The molecule has 3 unspecified atom stereocenters. The van der Waals surface area contributed by atoms with E-state index in [1.807, 2.05) is 61.5 Å². The van der Waals surface area contributed by atoms with Crippen LogP contribution in [0, 0.1) is 18.8 Å². The van der Waals surface area contributed by atoms with Crippen LogP contribution in [-0.4, -0.2) is 46.9 Å². The fourth-order valence-electron chi connectivity index (χ4n) is 4.50. The molecule has 2 aromatic rings. The minimum Gasteiger partial charge on any atom is -0.355 e. The molecule has 32 heavy (non-hydrogen) atoms. The van der Waals surface area contributed by atoms with Gasteiger partial charge >= 0.3 is 0 Å². The topological polar surface area (TPSA) is 79.0 Å². The minimum absolute atomic E-state index is 0.0164. The van der Waals surface area contributed by atoms with Gasteiger partial charge in [-0.05, 0) is 36.8 Å². The van der Waals surface area contributed by atoms with Crippen LogP contribution in [-0.2, 0) is 25.8 Å². The summed E-state index contributed by atoms with van der Waals surface area (Å²) in [7, 11) is 0. The van der Waals surface area contributed by atoms with Crippen LogP contribution in [0.25, 0.3) is 0 Å². The first-order valence-electron chi connectivity index (χ1n) is 11.2. The highest BCUT2D eigenvalue weighted by atomic mass is 16.7. The summed E-state index contributed by atoms with van der Waals surface area (Å²) in [4.78, 5) is 46.4. The van der Waals surface area contributed by atoms with Crippen LogP contribution in [0.4, 0.5) is 0 Å². The van der Waals surface area contributed by atoms with Crippen molar-refractivity contribution in [2.75, 3.05) is 13.1 Å². The molecule has 166 valence electrons. The highest BCUT2D eigenvalue weighted by Gasteiger charge is 2.59. The number of nitrogens with one attached hydrogen (secondary N) is 1. The molecule has 0 bridgehead atoms. The number of nitrogens with zero attached hydrogens (tertiary/aromatic N) is 2. The Kier molecular flexibility index (Phi) is 5.53. The van der Waals surface area contributed by atoms with E-state index in [9.17, 15) is 14.4 Å². The number of aryl methyl sites for hydroxylation is 1. The van der Waals surface area contributed by atoms with E-state index in [1.54, 1.807) is 0 Å². The highest BCUT2D eigenvalue weighted by Crippen LogP contribution is 2.44. The molecule has 2 saturated heterocycles. The standard InChI is InChI=1S/C25H27N3O4/c1-16-7-11-19(12-8-16)22-21-23(32-28(22)15-20(29)26-13-17-9-10-17)25(31)27(24(21)30)14-18-5-3-2-4-6-18/h2-8,11-12,17,21-23H,9-10,13-15H2,1H3,(H,26,29). The van der Waals surface area contributed by atoms with Gasteiger partial charge < -0.3 is 5.32 Å². The normalized spacial score (nSPS) is 25.3. The number of carbonyl (C=O) groups is 3. The first kappa shape index (κ1) is 20.8. The summed E-state index contributed by atoms with van der Waals surface area (Å²) in [6, 6.07) is 16.8. The second-order valence-electron chi connectivity index (χ2n) is 8.98. The second kappa shape index (κ2) is 8.48. The molecule has 1 saturated carbocycles. The van der Waals surface area contributed by atoms with Gasteiger partial charge in [0.15, 0.2) is 6.10 Å². The molecule has 5 rings (SSSR count). The summed E-state index contributed by atoms with van der Waals surface area (Å²) in [5.41, 5.74) is 2.84. The maximum Gasteiger partial charge on any atom is 0.261 e. The third kappa shape index (κ3) is 4.06. The van der Waals surface area contributed by atoms with Crippen LogP contribution in [0.2, 0.25) is 0 Å². The van der Waals surface area contributed by atoms with Crippen LogP contribution in [0.1, 0.15) is 35.6 Å². The van der Waals surface area contributed by atoms with Gasteiger partial charge in [0.2, 0.25) is 11.8 Å². The number of imide groups is 1. The molecular formula is C25H27N3O4. The first-order valence-corrected chi connectivity index (χ1v) is 11.2. The number of hydrogen-bond donors (Lipinski definition) is 1. The van der Waals surface area contributed by atoms with Crippen LogP contribution in [0.15, 0.2) is 54.6 Å². The van der Waals surface area contributed by atoms with Crippen molar-refractivity contribution in [1.82, 2.24) is 15.3 Å². The van der Waals surface area contributed by atoms with Gasteiger partial charge in [0, 0.05) is 6.54 Å². The van der Waals surface area contributed by atoms with Crippen molar-refractivity contribution in [3.8, 4) is 0 Å². The largest absolute Gasteiger partial charge is 0.355 e. The number of benzene rings is 2. The smallest absolute Gasteiger partial charge is 0.261 e. The maximum absolute atomic E-state index is 13.4. The monoisotopic (exact) mass is 433 g/mol. The Hall–Kier alpha value is -3.03. The Morgan fingerprint density at radius 2 is 1.75 bits per heavy atom. The average Bonchev–Trinajstić information content (AvgIpc) is 3.52. The Morgan fingerprint density at radius 1 is 1.03 bits per heavy atom. The molecule has 7 heteroatoms. The van der Waals surface area contributed by atoms with E-state index in [2.05, 4.69) is 5.32 Å². The van der Waals surface area contributed by atoms with Crippen molar-refractivity contribution in [1.29, 1.82) is 0 Å². The van der Waals surface area contributed by atoms with Gasteiger partial charge in [0.25, 0.3) is 5.91 Å². The van der Waals surface area contributed by atoms with Crippen LogP contribution >= 0.6 is 0 Å². The number of amides is 3. The first-order chi connectivity index (χ1) is 15.5. The van der Waals surface area contributed by atoms with Crippen molar-refractivity contribution >= 4 is 17.7 Å². The Bertz CT molecular complexity index is 1020. The van der Waals surface area contributed by atoms with Crippen LogP contribution in [0.3, 0.4) is 0 Å². The molecule has 1 N–H and O–H groups in total. The molecule has 3 atom stereocenters. The molecule has 1 aliphatic carbocycles. The van der Waals surface area contributed by atoms with E-state index in [4.69, 9.17) is 4.84 Å². The summed E-state index contributed by atoms with van der Waals surface area (Å²) < 4.78 is 0. The lowest BCUT2D eigenvalue weighted by Gasteiger charge is -2.27. The fourth-order valence-corrected chi connectivity index (χ4v) is 4.50. The van der Waals surface area contributed by atoms with Gasteiger partial charge in [0.05, 0.1) is 18.5 Å². The Morgan fingerprint density at radius 3 is 2.44 bits per heavy atom. The van der Waals surface area contributed by atoms with Crippen molar-refractivity contribution in [3.05, 3.63) is 71.3 Å². The van der Waals surface area contributed by atoms with Gasteiger partial charge in [-0.25, -0.2) is 0 Å². The minimum atomic E-state index is -0.909. The average molecular weight is 434 g/mol. The molecule has 3 fully saturated rings. The Balaban J connectivity index is 1.39. The summed E-state index contributed by atoms with van der Waals surface area (Å²) in [6.07, 6.45) is 1.39. The molecule has 0 spiro atoms. The molecule has 2 aliphatic heterocycles. The van der Waals surface area contributed by atoms with Crippen LogP contribution in [0.5, 0.6) is 0 Å². The van der Waals surface area contributed by atoms with E-state index >= 15 is 0 Å². The van der Waals surface area contributed by atoms with Crippen LogP contribution < -0.4 is 5.32 Å². The van der Waals surface area contributed by atoms with Crippen molar-refractivity contribution in [3.63, 3.8) is 0 Å². The molecule has 0 radical (unpaired) electrons. The summed E-state index contributed by atoms with van der Waals surface area (Å²) in [5, 5.41) is 4.47. The fraction of sp³-hybridized carbons (Fsp3) is 0.400. The SMILES string of the molecule is Cc1ccc(C2C3C(=O)N(Cc4ccccc4)C(=O)C3ON2CC(=O)NCC2CC2)cc1. The van der Waals surface area contributed by atoms with E-state index in [0.717, 1.165) is 29.5 Å². The zero-order valence-electron chi connectivity index (χ0n) is 18.1. The van der Waals surface area contributed by atoms with E-state index in [0.29, 0.717) is 12.5 Å². The zero-order chi connectivity index (χ0) is 22.2. The van der Waals surface area contributed by atoms with Gasteiger partial charge in [-0.15, -0.1) is 0 Å². The molecular weight excluding hydrogens is 406 g/mol. The number of likely N-dealkylation sites (tertiary alicyclic amines) is 1. The van der Waals surface area contributed by atoms with Gasteiger partial charge in [-0.1, -0.05) is 60.2 Å². The third-order valence-corrected chi connectivity index (χ3v) is 6.47. The van der Waals surface area contributed by atoms with E-state index < -0.39 is 18.1 Å².